The second-order valence-corrected chi connectivity index (χ2v) is 6.63. The molecule has 21 heavy (non-hydrogen) atoms. The lowest BCUT2D eigenvalue weighted by atomic mass is 9.67. The van der Waals surface area contributed by atoms with E-state index in [-0.39, 0.29) is 5.41 Å². The van der Waals surface area contributed by atoms with Gasteiger partial charge in [-0.05, 0) is 48.6 Å². The third-order valence-corrected chi connectivity index (χ3v) is 5.22. The van der Waals surface area contributed by atoms with Gasteiger partial charge in [-0.1, -0.05) is 48.0 Å². The molecule has 2 aromatic rings. The lowest BCUT2D eigenvalue weighted by Gasteiger charge is -2.42. The van der Waals surface area contributed by atoms with E-state index in [0.29, 0.717) is 11.6 Å². The quantitative estimate of drug-likeness (QED) is 0.914. The molecule has 3 N–H and O–H groups in total. The van der Waals surface area contributed by atoms with E-state index in [1.807, 2.05) is 43.3 Å². The van der Waals surface area contributed by atoms with Crippen molar-refractivity contribution in [3.8, 4) is 0 Å². The first-order chi connectivity index (χ1) is 9.98. The molecule has 2 aromatic carbocycles. The smallest absolute Gasteiger partial charge is 0.0943 e. The molecule has 1 unspecified atom stereocenters. The molecule has 0 saturated carbocycles. The minimum Gasteiger partial charge on any atom is -0.385 e. The highest BCUT2D eigenvalue weighted by Crippen LogP contribution is 2.49. The lowest BCUT2D eigenvalue weighted by molar-refractivity contribution is -0.0675. The van der Waals surface area contributed by atoms with Crippen LogP contribution in [0.4, 0.5) is 0 Å². The SMILES string of the molecule is CC(O)(c1cccc(Cl)c1)C1(CN)Cc2ccccc2C1. The molecule has 0 bridgehead atoms. The van der Waals surface area contributed by atoms with Crippen molar-refractivity contribution in [1.29, 1.82) is 0 Å². The molecule has 0 amide bonds. The fraction of sp³-hybridized carbons (Fsp3) is 0.333. The minimum atomic E-state index is -1.02. The summed E-state index contributed by atoms with van der Waals surface area (Å²) in [6.07, 6.45) is 1.58. The van der Waals surface area contributed by atoms with Crippen molar-refractivity contribution in [1.82, 2.24) is 0 Å². The van der Waals surface area contributed by atoms with Gasteiger partial charge in [0.25, 0.3) is 0 Å². The monoisotopic (exact) mass is 301 g/mol. The molecule has 1 atom stereocenters. The van der Waals surface area contributed by atoms with Crippen LogP contribution in [0.5, 0.6) is 0 Å². The third kappa shape index (κ3) is 2.28. The Labute approximate surface area is 130 Å². The summed E-state index contributed by atoms with van der Waals surface area (Å²) >= 11 is 6.09. The molecule has 0 fully saturated rings. The van der Waals surface area contributed by atoms with Crippen molar-refractivity contribution >= 4 is 11.6 Å². The van der Waals surface area contributed by atoms with Crippen LogP contribution in [-0.4, -0.2) is 11.7 Å². The first-order valence-corrected chi connectivity index (χ1v) is 7.62. The minimum absolute atomic E-state index is 0.388. The summed E-state index contributed by atoms with van der Waals surface area (Å²) in [5, 5.41) is 11.9. The predicted molar refractivity (Wildman–Crippen MR) is 86.4 cm³/mol. The van der Waals surface area contributed by atoms with Crippen molar-refractivity contribution in [3.05, 3.63) is 70.2 Å². The second kappa shape index (κ2) is 5.13. The van der Waals surface area contributed by atoms with Gasteiger partial charge in [-0.15, -0.1) is 0 Å². The van der Waals surface area contributed by atoms with Crippen molar-refractivity contribution in [2.45, 2.75) is 25.4 Å². The average Bonchev–Trinajstić information content (AvgIpc) is 2.87. The van der Waals surface area contributed by atoms with Crippen LogP contribution in [0.15, 0.2) is 48.5 Å². The van der Waals surface area contributed by atoms with E-state index in [9.17, 15) is 5.11 Å². The number of hydrogen-bond donors (Lipinski definition) is 2. The first kappa shape index (κ1) is 14.6. The predicted octanol–water partition coefficient (Wildman–Crippen LogP) is 3.29. The van der Waals surface area contributed by atoms with Crippen LogP contribution in [-0.2, 0) is 18.4 Å². The van der Waals surface area contributed by atoms with E-state index in [2.05, 4.69) is 12.1 Å². The maximum absolute atomic E-state index is 11.3. The van der Waals surface area contributed by atoms with Crippen LogP contribution < -0.4 is 5.73 Å². The Morgan fingerprint density at radius 2 is 1.76 bits per heavy atom. The summed E-state index contributed by atoms with van der Waals surface area (Å²) in [5.74, 6) is 0. The highest BCUT2D eigenvalue weighted by molar-refractivity contribution is 6.30. The molecule has 0 spiro atoms. The van der Waals surface area contributed by atoms with E-state index in [0.717, 1.165) is 18.4 Å². The highest BCUT2D eigenvalue weighted by Gasteiger charge is 2.50. The number of fused-ring (bicyclic) bond motifs is 1. The number of rotatable bonds is 3. The number of aliphatic hydroxyl groups is 1. The Morgan fingerprint density at radius 3 is 2.29 bits per heavy atom. The largest absolute Gasteiger partial charge is 0.385 e. The highest BCUT2D eigenvalue weighted by atomic mass is 35.5. The van der Waals surface area contributed by atoms with Gasteiger partial charge < -0.3 is 10.8 Å². The Balaban J connectivity index is 2.05. The number of benzene rings is 2. The molecule has 1 aliphatic carbocycles. The number of nitrogens with two attached hydrogens (primary N) is 1. The van der Waals surface area contributed by atoms with Crippen LogP contribution in [0.25, 0.3) is 0 Å². The topological polar surface area (TPSA) is 46.2 Å². The van der Waals surface area contributed by atoms with Crippen LogP contribution in [0.1, 0.15) is 23.6 Å². The molecule has 0 saturated heterocycles. The Morgan fingerprint density at radius 1 is 1.14 bits per heavy atom. The summed E-state index contributed by atoms with van der Waals surface area (Å²) in [7, 11) is 0. The molecular weight excluding hydrogens is 282 g/mol. The van der Waals surface area contributed by atoms with Crippen LogP contribution in [0.3, 0.4) is 0 Å². The van der Waals surface area contributed by atoms with E-state index in [4.69, 9.17) is 17.3 Å². The van der Waals surface area contributed by atoms with Crippen LogP contribution in [0.2, 0.25) is 5.02 Å². The molecule has 0 heterocycles. The molecule has 0 radical (unpaired) electrons. The van der Waals surface area contributed by atoms with E-state index in [1.165, 1.54) is 11.1 Å². The number of hydrogen-bond acceptors (Lipinski definition) is 2. The summed E-state index contributed by atoms with van der Waals surface area (Å²) in [5.41, 5.74) is 8.10. The van der Waals surface area contributed by atoms with Gasteiger partial charge in [0.05, 0.1) is 5.60 Å². The summed E-state index contributed by atoms with van der Waals surface area (Å²) in [6.45, 7) is 2.29. The van der Waals surface area contributed by atoms with Crippen LogP contribution in [0, 0.1) is 5.41 Å². The number of halogens is 1. The molecule has 0 aromatic heterocycles. The Hall–Kier alpha value is -1.35. The molecule has 0 aliphatic heterocycles. The van der Waals surface area contributed by atoms with Crippen molar-refractivity contribution in [2.75, 3.05) is 6.54 Å². The Kier molecular flexibility index (Phi) is 3.56. The second-order valence-electron chi connectivity index (χ2n) is 6.19. The van der Waals surface area contributed by atoms with Gasteiger partial charge in [0, 0.05) is 17.0 Å². The molecule has 110 valence electrons. The molecular formula is C18H20ClNO. The van der Waals surface area contributed by atoms with Gasteiger partial charge in [0.2, 0.25) is 0 Å². The average molecular weight is 302 g/mol. The molecule has 2 nitrogen and oxygen atoms in total. The van der Waals surface area contributed by atoms with Crippen LogP contribution >= 0.6 is 11.6 Å². The Bertz CT molecular complexity index is 641. The molecule has 3 rings (SSSR count). The summed E-state index contributed by atoms with van der Waals surface area (Å²) < 4.78 is 0. The lowest BCUT2D eigenvalue weighted by Crippen LogP contribution is -2.49. The fourth-order valence-corrected chi connectivity index (χ4v) is 3.67. The first-order valence-electron chi connectivity index (χ1n) is 7.24. The maximum atomic E-state index is 11.3. The maximum Gasteiger partial charge on any atom is 0.0943 e. The van der Waals surface area contributed by atoms with Gasteiger partial charge >= 0.3 is 0 Å². The van der Waals surface area contributed by atoms with E-state index < -0.39 is 5.60 Å². The van der Waals surface area contributed by atoms with Gasteiger partial charge in [0.15, 0.2) is 0 Å². The summed E-state index contributed by atoms with van der Waals surface area (Å²) in [4.78, 5) is 0. The standard InChI is InChI=1S/C18H20ClNO/c1-17(21,15-7-4-8-16(19)9-15)18(12-20)10-13-5-2-3-6-14(13)11-18/h2-9,21H,10-12,20H2,1H3. The zero-order valence-electron chi connectivity index (χ0n) is 12.1. The third-order valence-electron chi connectivity index (χ3n) is 4.99. The fourth-order valence-electron chi connectivity index (χ4n) is 3.48. The van der Waals surface area contributed by atoms with E-state index >= 15 is 0 Å². The summed E-state index contributed by atoms with van der Waals surface area (Å²) in [6, 6.07) is 15.8. The van der Waals surface area contributed by atoms with Gasteiger partial charge in [-0.3, -0.25) is 0 Å². The van der Waals surface area contributed by atoms with Gasteiger partial charge in [-0.25, -0.2) is 0 Å². The normalized spacial score (nSPS) is 19.0. The zero-order valence-corrected chi connectivity index (χ0v) is 12.9. The van der Waals surface area contributed by atoms with Gasteiger partial charge in [0.1, 0.15) is 0 Å². The van der Waals surface area contributed by atoms with Crippen molar-refractivity contribution in [3.63, 3.8) is 0 Å². The zero-order chi connectivity index (χ0) is 15.1. The van der Waals surface area contributed by atoms with E-state index in [1.54, 1.807) is 0 Å². The molecule has 3 heteroatoms. The molecule has 1 aliphatic rings. The van der Waals surface area contributed by atoms with Gasteiger partial charge in [-0.2, -0.15) is 0 Å². The van der Waals surface area contributed by atoms with Crippen molar-refractivity contribution < 1.29 is 5.11 Å². The van der Waals surface area contributed by atoms with Crippen molar-refractivity contribution in [2.24, 2.45) is 11.1 Å².